The van der Waals surface area contributed by atoms with Gasteiger partial charge < -0.3 is 24.3 Å². The molecule has 0 saturated heterocycles. The Bertz CT molecular complexity index is 1360. The number of pyridine rings is 1. The number of rotatable bonds is 4. The molecule has 0 unspecified atom stereocenters. The predicted molar refractivity (Wildman–Crippen MR) is 121 cm³/mol. The molecule has 4 aromatic rings. The summed E-state index contributed by atoms with van der Waals surface area (Å²) in [7, 11) is 3.46. The standard InChI is InChI=1S/C21H22N4O2.C2HF3O2/c1-13(2)25-16-10-6-5-8-14(16)19-17(25)12-18(24(19)3)20(26)23-15-9-7-11-22-21(15)27-4;3-2(4,5)1(6)7/h5-13H,1-4H3,(H,23,26);(H,6,7). The lowest BCUT2D eigenvalue weighted by atomic mass is 10.2. The monoisotopic (exact) mass is 476 g/mol. The molecule has 2 N–H and O–H groups in total. The Morgan fingerprint density at radius 2 is 1.76 bits per heavy atom. The molecular formula is C23H23F3N4O4. The number of amides is 1. The van der Waals surface area contributed by atoms with Crippen LogP contribution < -0.4 is 10.1 Å². The maximum absolute atomic E-state index is 13.0. The van der Waals surface area contributed by atoms with Crippen LogP contribution in [0.4, 0.5) is 18.9 Å². The molecule has 0 aliphatic rings. The van der Waals surface area contributed by atoms with Crippen molar-refractivity contribution in [3.05, 3.63) is 54.4 Å². The van der Waals surface area contributed by atoms with E-state index in [4.69, 9.17) is 14.6 Å². The Hall–Kier alpha value is -4.02. The van der Waals surface area contributed by atoms with Crippen LogP contribution >= 0.6 is 0 Å². The van der Waals surface area contributed by atoms with Gasteiger partial charge in [-0.1, -0.05) is 18.2 Å². The SMILES string of the molecule is COc1ncccc1NC(=O)c1cc2c(c3ccccc3n2C(C)C)n1C.O=C(O)C(F)(F)F. The van der Waals surface area contributed by atoms with Gasteiger partial charge in [-0.2, -0.15) is 13.2 Å². The predicted octanol–water partition coefficient (Wildman–Crippen LogP) is 5.00. The third-order valence-corrected chi connectivity index (χ3v) is 5.10. The first kappa shape index (κ1) is 24.6. The number of nitrogens with zero attached hydrogens (tertiary/aromatic N) is 3. The molecule has 11 heteroatoms. The molecule has 0 aliphatic heterocycles. The Labute approximate surface area is 192 Å². The molecular weight excluding hydrogens is 453 g/mol. The van der Waals surface area contributed by atoms with Crippen LogP contribution in [-0.4, -0.2) is 44.4 Å². The van der Waals surface area contributed by atoms with Gasteiger partial charge in [0, 0.05) is 24.7 Å². The summed E-state index contributed by atoms with van der Waals surface area (Å²) in [6.07, 6.45) is -3.46. The summed E-state index contributed by atoms with van der Waals surface area (Å²) in [6, 6.07) is 14.1. The van der Waals surface area contributed by atoms with Gasteiger partial charge >= 0.3 is 12.1 Å². The smallest absolute Gasteiger partial charge is 0.480 e. The Morgan fingerprint density at radius 3 is 2.35 bits per heavy atom. The second kappa shape index (κ2) is 9.46. The zero-order chi connectivity index (χ0) is 25.2. The van der Waals surface area contributed by atoms with Gasteiger partial charge in [-0.3, -0.25) is 4.79 Å². The minimum absolute atomic E-state index is 0.195. The summed E-state index contributed by atoms with van der Waals surface area (Å²) < 4.78 is 41.2. The number of halogens is 3. The third-order valence-electron chi connectivity index (χ3n) is 5.10. The lowest BCUT2D eigenvalue weighted by Crippen LogP contribution is -2.21. The number of carboxylic acids is 1. The summed E-state index contributed by atoms with van der Waals surface area (Å²) in [5.41, 5.74) is 4.42. The van der Waals surface area contributed by atoms with Crippen LogP contribution in [0.1, 0.15) is 30.4 Å². The molecule has 3 heterocycles. The van der Waals surface area contributed by atoms with Crippen molar-refractivity contribution in [2.75, 3.05) is 12.4 Å². The molecule has 4 rings (SSSR count). The number of alkyl halides is 3. The van der Waals surface area contributed by atoms with E-state index in [9.17, 15) is 18.0 Å². The molecule has 0 bridgehead atoms. The highest BCUT2D eigenvalue weighted by Crippen LogP contribution is 2.34. The topological polar surface area (TPSA) is 98.4 Å². The number of anilines is 1. The summed E-state index contributed by atoms with van der Waals surface area (Å²) in [5, 5.41) is 11.2. The molecule has 1 amide bonds. The number of aryl methyl sites for hydroxylation is 1. The number of fused-ring (bicyclic) bond motifs is 3. The van der Waals surface area contributed by atoms with E-state index >= 15 is 0 Å². The van der Waals surface area contributed by atoms with Crippen molar-refractivity contribution in [1.82, 2.24) is 14.1 Å². The molecule has 0 spiro atoms. The number of ether oxygens (including phenoxy) is 1. The summed E-state index contributed by atoms with van der Waals surface area (Å²) in [5.74, 6) is -2.56. The zero-order valence-electron chi connectivity index (χ0n) is 18.8. The van der Waals surface area contributed by atoms with Crippen LogP contribution in [0.5, 0.6) is 5.88 Å². The third kappa shape index (κ3) is 4.68. The number of para-hydroxylation sites is 1. The van der Waals surface area contributed by atoms with Crippen LogP contribution in [0.15, 0.2) is 48.7 Å². The lowest BCUT2D eigenvalue weighted by Gasteiger charge is -2.11. The number of nitrogens with one attached hydrogen (secondary N) is 1. The Morgan fingerprint density at radius 1 is 1.12 bits per heavy atom. The molecule has 1 aromatic carbocycles. The Kier molecular flexibility index (Phi) is 6.85. The number of hydrogen-bond donors (Lipinski definition) is 2. The minimum atomic E-state index is -5.08. The van der Waals surface area contributed by atoms with Gasteiger partial charge in [0.1, 0.15) is 11.4 Å². The minimum Gasteiger partial charge on any atom is -0.480 e. The van der Waals surface area contributed by atoms with E-state index in [1.165, 1.54) is 12.6 Å². The largest absolute Gasteiger partial charge is 0.490 e. The summed E-state index contributed by atoms with van der Waals surface area (Å²) >= 11 is 0. The van der Waals surface area contributed by atoms with Crippen molar-refractivity contribution in [3.63, 3.8) is 0 Å². The van der Waals surface area contributed by atoms with Crippen LogP contribution in [0.3, 0.4) is 0 Å². The van der Waals surface area contributed by atoms with Crippen LogP contribution in [0.25, 0.3) is 21.9 Å². The van der Waals surface area contributed by atoms with Crippen molar-refractivity contribution in [3.8, 4) is 5.88 Å². The van der Waals surface area contributed by atoms with E-state index in [2.05, 4.69) is 40.8 Å². The average molecular weight is 476 g/mol. The molecule has 0 saturated carbocycles. The number of benzene rings is 1. The van der Waals surface area contributed by atoms with Gasteiger partial charge in [0.2, 0.25) is 5.88 Å². The maximum Gasteiger partial charge on any atom is 0.490 e. The van der Waals surface area contributed by atoms with Crippen molar-refractivity contribution >= 4 is 39.5 Å². The van der Waals surface area contributed by atoms with Crippen molar-refractivity contribution in [2.24, 2.45) is 7.05 Å². The van der Waals surface area contributed by atoms with Gasteiger partial charge in [0.25, 0.3) is 5.91 Å². The second-order valence-corrected chi connectivity index (χ2v) is 7.62. The van der Waals surface area contributed by atoms with Gasteiger partial charge in [-0.25, -0.2) is 9.78 Å². The summed E-state index contributed by atoms with van der Waals surface area (Å²) in [6.45, 7) is 4.30. The molecule has 8 nitrogen and oxygen atoms in total. The normalized spacial score (nSPS) is 11.4. The first-order valence-corrected chi connectivity index (χ1v) is 10.2. The number of methoxy groups -OCH3 is 1. The highest BCUT2D eigenvalue weighted by Gasteiger charge is 2.38. The number of aliphatic carboxylic acids is 1. The quantitative estimate of drug-likeness (QED) is 0.432. The van der Waals surface area contributed by atoms with Crippen LogP contribution in [0.2, 0.25) is 0 Å². The fourth-order valence-corrected chi connectivity index (χ4v) is 3.71. The van der Waals surface area contributed by atoms with E-state index in [1.54, 1.807) is 18.3 Å². The van der Waals surface area contributed by atoms with E-state index in [-0.39, 0.29) is 11.9 Å². The number of aromatic nitrogens is 3. The summed E-state index contributed by atoms with van der Waals surface area (Å²) in [4.78, 5) is 26.0. The Balaban J connectivity index is 0.000000406. The van der Waals surface area contributed by atoms with Crippen molar-refractivity contribution in [1.29, 1.82) is 0 Å². The zero-order valence-corrected chi connectivity index (χ0v) is 18.8. The van der Waals surface area contributed by atoms with Gasteiger partial charge in [0.15, 0.2) is 0 Å². The molecule has 0 radical (unpaired) electrons. The first-order chi connectivity index (χ1) is 16.0. The van der Waals surface area contributed by atoms with E-state index in [1.807, 2.05) is 29.8 Å². The molecule has 0 fully saturated rings. The van der Waals surface area contributed by atoms with Crippen LogP contribution in [0, 0.1) is 0 Å². The molecule has 0 aliphatic carbocycles. The van der Waals surface area contributed by atoms with Crippen molar-refractivity contribution in [2.45, 2.75) is 26.1 Å². The molecule has 0 atom stereocenters. The van der Waals surface area contributed by atoms with Crippen molar-refractivity contribution < 1.29 is 32.6 Å². The molecule has 180 valence electrons. The van der Waals surface area contributed by atoms with E-state index < -0.39 is 12.1 Å². The lowest BCUT2D eigenvalue weighted by molar-refractivity contribution is -0.192. The number of hydrogen-bond acceptors (Lipinski definition) is 4. The molecule has 3 aromatic heterocycles. The second-order valence-electron chi connectivity index (χ2n) is 7.62. The highest BCUT2D eigenvalue weighted by atomic mass is 19.4. The van der Waals surface area contributed by atoms with Gasteiger partial charge in [-0.15, -0.1) is 0 Å². The maximum atomic E-state index is 13.0. The van der Waals surface area contributed by atoms with Gasteiger partial charge in [0.05, 0.1) is 23.7 Å². The first-order valence-electron chi connectivity index (χ1n) is 10.2. The fraction of sp³-hybridized carbons (Fsp3) is 0.261. The van der Waals surface area contributed by atoms with Gasteiger partial charge in [-0.05, 0) is 38.1 Å². The average Bonchev–Trinajstić information content (AvgIpc) is 3.28. The fourth-order valence-electron chi connectivity index (χ4n) is 3.71. The molecule has 34 heavy (non-hydrogen) atoms. The number of carbonyl (C=O) groups is 2. The van der Waals surface area contributed by atoms with Crippen LogP contribution in [-0.2, 0) is 11.8 Å². The highest BCUT2D eigenvalue weighted by molar-refractivity contribution is 6.12. The van der Waals surface area contributed by atoms with E-state index in [0.29, 0.717) is 17.3 Å². The van der Waals surface area contributed by atoms with E-state index in [0.717, 1.165) is 16.4 Å². The number of carboxylic acid groups (broad SMARTS) is 1. The number of carbonyl (C=O) groups excluding carboxylic acids is 1.